The average molecular weight is 190 g/mol. The number of rotatable bonds is 2. The highest BCUT2D eigenvalue weighted by Crippen LogP contribution is 2.26. The highest BCUT2D eigenvalue weighted by atomic mass is 14.9. The quantitative estimate of drug-likeness (QED) is 0.741. The van der Waals surface area contributed by atoms with Gasteiger partial charge in [0, 0.05) is 12.6 Å². The second-order valence-corrected chi connectivity index (χ2v) is 4.02. The van der Waals surface area contributed by atoms with Crippen LogP contribution in [-0.4, -0.2) is 19.1 Å². The molecule has 2 nitrogen and oxygen atoms in total. The highest BCUT2D eigenvalue weighted by Gasteiger charge is 2.21. The summed E-state index contributed by atoms with van der Waals surface area (Å²) in [6.07, 6.45) is 2.42. The Kier molecular flexibility index (Phi) is 3.17. The van der Waals surface area contributed by atoms with E-state index < -0.39 is 0 Å². The van der Waals surface area contributed by atoms with E-state index in [1.807, 2.05) is 0 Å². The molecule has 1 heterocycles. The molecule has 0 aliphatic carbocycles. The maximum Gasteiger partial charge on any atom is 0.0196 e. The van der Waals surface area contributed by atoms with Crippen molar-refractivity contribution in [3.8, 4) is 0 Å². The molecule has 2 unspecified atom stereocenters. The van der Waals surface area contributed by atoms with E-state index in [1.165, 1.54) is 18.4 Å². The fourth-order valence-corrected chi connectivity index (χ4v) is 2.21. The Bertz CT molecular complexity index is 271. The molecule has 1 aromatic rings. The summed E-state index contributed by atoms with van der Waals surface area (Å²) in [6, 6.07) is 11.3. The molecule has 2 atom stereocenters. The highest BCUT2D eigenvalue weighted by molar-refractivity contribution is 5.20. The summed E-state index contributed by atoms with van der Waals surface area (Å²) in [7, 11) is 0. The Morgan fingerprint density at radius 1 is 1.29 bits per heavy atom. The van der Waals surface area contributed by atoms with Crippen LogP contribution in [0.4, 0.5) is 0 Å². The average Bonchev–Trinajstić information content (AvgIpc) is 2.30. The van der Waals surface area contributed by atoms with Gasteiger partial charge in [-0.3, -0.25) is 0 Å². The van der Waals surface area contributed by atoms with Gasteiger partial charge >= 0.3 is 0 Å². The van der Waals surface area contributed by atoms with Gasteiger partial charge < -0.3 is 11.1 Å². The maximum absolute atomic E-state index is 5.68. The first-order valence-corrected chi connectivity index (χ1v) is 5.38. The van der Waals surface area contributed by atoms with E-state index in [0.29, 0.717) is 12.0 Å². The molecule has 1 aliphatic heterocycles. The minimum atomic E-state index is 0.508. The van der Waals surface area contributed by atoms with Gasteiger partial charge in [-0.15, -0.1) is 0 Å². The lowest BCUT2D eigenvalue weighted by atomic mass is 9.86. The standard InChI is InChI=1S/C12H18N2/c13-9-12-8-11(6-7-14-12)10-4-2-1-3-5-10/h1-5,11-12,14H,6-9,13H2. The van der Waals surface area contributed by atoms with E-state index in [0.717, 1.165) is 13.1 Å². The molecule has 1 aliphatic rings. The zero-order valence-electron chi connectivity index (χ0n) is 8.45. The van der Waals surface area contributed by atoms with Gasteiger partial charge in [-0.2, -0.15) is 0 Å². The molecule has 0 aromatic heterocycles. The Morgan fingerprint density at radius 3 is 2.79 bits per heavy atom. The van der Waals surface area contributed by atoms with Crippen LogP contribution in [0.15, 0.2) is 30.3 Å². The molecule has 2 rings (SSSR count). The van der Waals surface area contributed by atoms with Gasteiger partial charge in [0.05, 0.1) is 0 Å². The number of benzene rings is 1. The van der Waals surface area contributed by atoms with Crippen molar-refractivity contribution in [2.24, 2.45) is 5.73 Å². The van der Waals surface area contributed by atoms with E-state index >= 15 is 0 Å². The van der Waals surface area contributed by atoms with Crippen LogP contribution in [0.25, 0.3) is 0 Å². The third kappa shape index (κ3) is 2.14. The van der Waals surface area contributed by atoms with E-state index in [4.69, 9.17) is 5.73 Å². The number of hydrogen-bond acceptors (Lipinski definition) is 2. The number of hydrogen-bond donors (Lipinski definition) is 2. The largest absolute Gasteiger partial charge is 0.329 e. The lowest BCUT2D eigenvalue weighted by Gasteiger charge is -2.29. The van der Waals surface area contributed by atoms with Gasteiger partial charge in [0.25, 0.3) is 0 Å². The van der Waals surface area contributed by atoms with Crippen LogP contribution in [0.5, 0.6) is 0 Å². The molecule has 0 spiro atoms. The maximum atomic E-state index is 5.68. The normalized spacial score (nSPS) is 27.5. The summed E-state index contributed by atoms with van der Waals surface area (Å²) in [5.41, 5.74) is 7.15. The summed E-state index contributed by atoms with van der Waals surface area (Å²) in [5, 5.41) is 3.44. The van der Waals surface area contributed by atoms with Crippen molar-refractivity contribution in [2.75, 3.05) is 13.1 Å². The lowest BCUT2D eigenvalue weighted by molar-refractivity contribution is 0.367. The predicted octanol–water partition coefficient (Wildman–Crippen LogP) is 1.48. The molecule has 76 valence electrons. The summed E-state index contributed by atoms with van der Waals surface area (Å²) in [5.74, 6) is 0.700. The smallest absolute Gasteiger partial charge is 0.0196 e. The number of piperidine rings is 1. The van der Waals surface area contributed by atoms with Crippen LogP contribution >= 0.6 is 0 Å². The van der Waals surface area contributed by atoms with Crippen LogP contribution in [-0.2, 0) is 0 Å². The van der Waals surface area contributed by atoms with Crippen LogP contribution in [0.3, 0.4) is 0 Å². The number of nitrogens with two attached hydrogens (primary N) is 1. The van der Waals surface area contributed by atoms with Gasteiger partial charge in [0.1, 0.15) is 0 Å². The van der Waals surface area contributed by atoms with Crippen LogP contribution in [0, 0.1) is 0 Å². The van der Waals surface area contributed by atoms with E-state index in [1.54, 1.807) is 0 Å². The van der Waals surface area contributed by atoms with Gasteiger partial charge in [-0.25, -0.2) is 0 Å². The van der Waals surface area contributed by atoms with Crippen LogP contribution in [0.1, 0.15) is 24.3 Å². The Morgan fingerprint density at radius 2 is 2.07 bits per heavy atom. The lowest BCUT2D eigenvalue weighted by Crippen LogP contribution is -2.42. The topological polar surface area (TPSA) is 38.0 Å². The van der Waals surface area contributed by atoms with Gasteiger partial charge in [-0.1, -0.05) is 30.3 Å². The molecule has 1 fully saturated rings. The molecule has 0 saturated carbocycles. The van der Waals surface area contributed by atoms with Crippen molar-refractivity contribution in [1.82, 2.24) is 5.32 Å². The van der Waals surface area contributed by atoms with Gasteiger partial charge in [0.15, 0.2) is 0 Å². The first-order valence-electron chi connectivity index (χ1n) is 5.38. The van der Waals surface area contributed by atoms with Crippen LogP contribution in [0.2, 0.25) is 0 Å². The SMILES string of the molecule is NCC1CC(c2ccccc2)CCN1. The van der Waals surface area contributed by atoms with Crippen molar-refractivity contribution >= 4 is 0 Å². The van der Waals surface area contributed by atoms with E-state index in [-0.39, 0.29) is 0 Å². The van der Waals surface area contributed by atoms with Crippen molar-refractivity contribution < 1.29 is 0 Å². The van der Waals surface area contributed by atoms with E-state index in [2.05, 4.69) is 35.6 Å². The van der Waals surface area contributed by atoms with Crippen molar-refractivity contribution in [3.63, 3.8) is 0 Å². The fraction of sp³-hybridized carbons (Fsp3) is 0.500. The molecule has 0 bridgehead atoms. The second kappa shape index (κ2) is 4.58. The Hall–Kier alpha value is -0.860. The predicted molar refractivity (Wildman–Crippen MR) is 59.3 cm³/mol. The first-order chi connectivity index (χ1) is 6.90. The van der Waals surface area contributed by atoms with Crippen LogP contribution < -0.4 is 11.1 Å². The molecular weight excluding hydrogens is 172 g/mol. The Labute approximate surface area is 85.5 Å². The molecule has 0 radical (unpaired) electrons. The molecular formula is C12H18N2. The van der Waals surface area contributed by atoms with Crippen molar-refractivity contribution in [1.29, 1.82) is 0 Å². The van der Waals surface area contributed by atoms with Crippen molar-refractivity contribution in [3.05, 3.63) is 35.9 Å². The summed E-state index contributed by atoms with van der Waals surface area (Å²) in [4.78, 5) is 0. The molecule has 0 amide bonds. The molecule has 1 saturated heterocycles. The molecule has 1 aromatic carbocycles. The zero-order valence-corrected chi connectivity index (χ0v) is 8.45. The van der Waals surface area contributed by atoms with E-state index in [9.17, 15) is 0 Å². The third-order valence-electron chi connectivity index (χ3n) is 3.05. The van der Waals surface area contributed by atoms with Gasteiger partial charge in [0.2, 0.25) is 0 Å². The fourth-order valence-electron chi connectivity index (χ4n) is 2.21. The zero-order chi connectivity index (χ0) is 9.80. The minimum absolute atomic E-state index is 0.508. The summed E-state index contributed by atoms with van der Waals surface area (Å²) < 4.78 is 0. The third-order valence-corrected chi connectivity index (χ3v) is 3.05. The molecule has 3 N–H and O–H groups in total. The monoisotopic (exact) mass is 190 g/mol. The summed E-state index contributed by atoms with van der Waals surface area (Å²) >= 11 is 0. The Balaban J connectivity index is 2.04. The minimum Gasteiger partial charge on any atom is -0.329 e. The summed E-state index contributed by atoms with van der Waals surface area (Å²) in [6.45, 7) is 1.85. The van der Waals surface area contributed by atoms with Crippen molar-refractivity contribution in [2.45, 2.75) is 24.8 Å². The first kappa shape index (κ1) is 9.69. The van der Waals surface area contributed by atoms with Gasteiger partial charge in [-0.05, 0) is 30.9 Å². The molecule has 14 heavy (non-hydrogen) atoms. The number of nitrogens with one attached hydrogen (secondary N) is 1. The second-order valence-electron chi connectivity index (χ2n) is 4.02. The molecule has 2 heteroatoms.